The van der Waals surface area contributed by atoms with Gasteiger partial charge in [0.1, 0.15) is 5.82 Å². The Labute approximate surface area is 87.2 Å². The summed E-state index contributed by atoms with van der Waals surface area (Å²) in [5, 5.41) is 0.0516. The summed E-state index contributed by atoms with van der Waals surface area (Å²) >= 11 is 5.57. The summed E-state index contributed by atoms with van der Waals surface area (Å²) in [6.45, 7) is 1.77. The second-order valence-corrected chi connectivity index (χ2v) is 3.30. The van der Waals surface area contributed by atoms with E-state index in [-0.39, 0.29) is 17.2 Å². The molecule has 0 spiro atoms. The van der Waals surface area contributed by atoms with Crippen molar-refractivity contribution in [3.8, 4) is 0 Å². The molecule has 0 aliphatic rings. The molecule has 0 bridgehead atoms. The fourth-order valence-corrected chi connectivity index (χ4v) is 1.30. The standard InChI is InChI=1S/C11H10ClFO/c1-2-3-9(14)6-8-4-5-11(13)10(12)7-8/h2-5,7H,6H2,1H3/b3-2+. The summed E-state index contributed by atoms with van der Waals surface area (Å²) in [7, 11) is 0. The normalized spacial score (nSPS) is 10.8. The molecule has 1 aromatic carbocycles. The fourth-order valence-electron chi connectivity index (χ4n) is 1.10. The van der Waals surface area contributed by atoms with Crippen LogP contribution in [0.3, 0.4) is 0 Å². The van der Waals surface area contributed by atoms with Crippen LogP contribution in [0, 0.1) is 5.82 Å². The average Bonchev–Trinajstić information content (AvgIpc) is 2.12. The molecule has 0 aliphatic carbocycles. The average molecular weight is 213 g/mol. The summed E-state index contributed by atoms with van der Waals surface area (Å²) in [6, 6.07) is 4.29. The molecule has 1 rings (SSSR count). The summed E-state index contributed by atoms with van der Waals surface area (Å²) in [4.78, 5) is 11.2. The molecule has 0 aliphatic heterocycles. The Bertz CT molecular complexity index is 372. The molecular weight excluding hydrogens is 203 g/mol. The number of halogens is 2. The van der Waals surface area contributed by atoms with Gasteiger partial charge in [-0.25, -0.2) is 4.39 Å². The van der Waals surface area contributed by atoms with E-state index in [2.05, 4.69) is 0 Å². The van der Waals surface area contributed by atoms with Gasteiger partial charge in [-0.3, -0.25) is 4.79 Å². The van der Waals surface area contributed by atoms with E-state index in [0.29, 0.717) is 0 Å². The highest BCUT2D eigenvalue weighted by molar-refractivity contribution is 6.30. The highest BCUT2D eigenvalue weighted by Crippen LogP contribution is 2.16. The summed E-state index contributed by atoms with van der Waals surface area (Å²) < 4.78 is 12.8. The molecule has 74 valence electrons. The second kappa shape index (κ2) is 4.91. The highest BCUT2D eigenvalue weighted by atomic mass is 35.5. The van der Waals surface area contributed by atoms with Gasteiger partial charge in [0.15, 0.2) is 5.78 Å². The summed E-state index contributed by atoms with van der Waals surface area (Å²) in [6.07, 6.45) is 3.41. The van der Waals surface area contributed by atoms with E-state index in [1.54, 1.807) is 19.1 Å². The van der Waals surface area contributed by atoms with Gasteiger partial charge in [0.25, 0.3) is 0 Å². The molecule has 0 fully saturated rings. The van der Waals surface area contributed by atoms with Crippen LogP contribution in [0.15, 0.2) is 30.4 Å². The fraction of sp³-hybridized carbons (Fsp3) is 0.182. The summed E-state index contributed by atoms with van der Waals surface area (Å²) in [5.41, 5.74) is 0.722. The zero-order valence-corrected chi connectivity index (χ0v) is 8.51. The lowest BCUT2D eigenvalue weighted by molar-refractivity contribution is -0.114. The molecule has 1 nitrogen and oxygen atoms in total. The second-order valence-electron chi connectivity index (χ2n) is 2.89. The Morgan fingerprint density at radius 1 is 1.57 bits per heavy atom. The third-order valence-corrected chi connectivity index (χ3v) is 2.00. The minimum absolute atomic E-state index is 0.0184. The number of allylic oxidation sites excluding steroid dienone is 2. The van der Waals surface area contributed by atoms with Gasteiger partial charge in [0.05, 0.1) is 5.02 Å². The Morgan fingerprint density at radius 2 is 2.29 bits per heavy atom. The Morgan fingerprint density at radius 3 is 2.86 bits per heavy atom. The van der Waals surface area contributed by atoms with Crippen molar-refractivity contribution in [3.05, 3.63) is 46.8 Å². The van der Waals surface area contributed by atoms with Crippen LogP contribution < -0.4 is 0 Å². The minimum atomic E-state index is -0.464. The molecule has 0 amide bonds. The molecule has 0 atom stereocenters. The van der Waals surface area contributed by atoms with Crippen molar-refractivity contribution in [1.82, 2.24) is 0 Å². The molecule has 0 saturated heterocycles. The van der Waals surface area contributed by atoms with Crippen LogP contribution in [0.4, 0.5) is 4.39 Å². The number of hydrogen-bond donors (Lipinski definition) is 0. The number of carbonyl (C=O) groups is 1. The van der Waals surface area contributed by atoms with E-state index < -0.39 is 5.82 Å². The first-order chi connectivity index (χ1) is 6.63. The monoisotopic (exact) mass is 212 g/mol. The van der Waals surface area contributed by atoms with Gasteiger partial charge in [-0.2, -0.15) is 0 Å². The highest BCUT2D eigenvalue weighted by Gasteiger charge is 2.03. The van der Waals surface area contributed by atoms with Gasteiger partial charge < -0.3 is 0 Å². The number of benzene rings is 1. The lowest BCUT2D eigenvalue weighted by Gasteiger charge is -1.99. The maximum Gasteiger partial charge on any atom is 0.159 e. The number of rotatable bonds is 3. The zero-order valence-electron chi connectivity index (χ0n) is 7.76. The van der Waals surface area contributed by atoms with Crippen molar-refractivity contribution >= 4 is 17.4 Å². The van der Waals surface area contributed by atoms with Gasteiger partial charge in [-0.1, -0.05) is 23.7 Å². The third kappa shape index (κ3) is 2.96. The Balaban J connectivity index is 2.78. The molecule has 0 aromatic heterocycles. The molecule has 14 heavy (non-hydrogen) atoms. The van der Waals surface area contributed by atoms with Crippen LogP contribution in [-0.4, -0.2) is 5.78 Å². The van der Waals surface area contributed by atoms with Crippen LogP contribution in [0.5, 0.6) is 0 Å². The topological polar surface area (TPSA) is 17.1 Å². The SMILES string of the molecule is C/C=C/C(=O)Cc1ccc(F)c(Cl)c1. The van der Waals surface area contributed by atoms with Crippen molar-refractivity contribution in [3.63, 3.8) is 0 Å². The molecule has 0 heterocycles. The van der Waals surface area contributed by atoms with Crippen LogP contribution in [0.1, 0.15) is 12.5 Å². The Kier molecular flexibility index (Phi) is 3.84. The largest absolute Gasteiger partial charge is 0.294 e. The predicted octanol–water partition coefficient (Wildman–Crippen LogP) is 3.17. The van der Waals surface area contributed by atoms with Crippen molar-refractivity contribution < 1.29 is 9.18 Å². The van der Waals surface area contributed by atoms with E-state index in [1.807, 2.05) is 0 Å². The molecule has 1 aromatic rings. The van der Waals surface area contributed by atoms with Crippen molar-refractivity contribution in [2.45, 2.75) is 13.3 Å². The lowest BCUT2D eigenvalue weighted by atomic mass is 10.1. The molecule has 0 N–H and O–H groups in total. The predicted molar refractivity (Wildman–Crippen MR) is 54.9 cm³/mol. The maximum absolute atomic E-state index is 12.8. The first-order valence-electron chi connectivity index (χ1n) is 4.23. The number of ketones is 1. The molecule has 3 heteroatoms. The van der Waals surface area contributed by atoms with Gasteiger partial charge >= 0.3 is 0 Å². The van der Waals surface area contributed by atoms with E-state index in [0.717, 1.165) is 5.56 Å². The van der Waals surface area contributed by atoms with Gasteiger partial charge in [-0.05, 0) is 30.7 Å². The zero-order chi connectivity index (χ0) is 10.6. The van der Waals surface area contributed by atoms with Gasteiger partial charge in [0.2, 0.25) is 0 Å². The first-order valence-corrected chi connectivity index (χ1v) is 4.60. The van der Waals surface area contributed by atoms with Crippen LogP contribution >= 0.6 is 11.6 Å². The molecular formula is C11H10ClFO. The van der Waals surface area contributed by atoms with Gasteiger partial charge in [0, 0.05) is 6.42 Å². The van der Waals surface area contributed by atoms with E-state index in [4.69, 9.17) is 11.6 Å². The van der Waals surface area contributed by atoms with Crippen molar-refractivity contribution in [2.75, 3.05) is 0 Å². The molecule has 0 saturated carbocycles. The Hall–Kier alpha value is -1.15. The number of hydrogen-bond acceptors (Lipinski definition) is 1. The summed E-state index contributed by atoms with van der Waals surface area (Å²) in [5.74, 6) is -0.482. The van der Waals surface area contributed by atoms with Crippen molar-refractivity contribution in [2.24, 2.45) is 0 Å². The molecule has 0 radical (unpaired) electrons. The molecule has 0 unspecified atom stereocenters. The van der Waals surface area contributed by atoms with E-state index >= 15 is 0 Å². The smallest absolute Gasteiger partial charge is 0.159 e. The first kappa shape index (κ1) is 10.9. The minimum Gasteiger partial charge on any atom is -0.294 e. The van der Waals surface area contributed by atoms with Gasteiger partial charge in [-0.15, -0.1) is 0 Å². The maximum atomic E-state index is 12.8. The van der Waals surface area contributed by atoms with Crippen LogP contribution in [0.25, 0.3) is 0 Å². The van der Waals surface area contributed by atoms with Crippen molar-refractivity contribution in [1.29, 1.82) is 0 Å². The quantitative estimate of drug-likeness (QED) is 0.704. The van der Waals surface area contributed by atoms with Crippen LogP contribution in [0.2, 0.25) is 5.02 Å². The van der Waals surface area contributed by atoms with E-state index in [1.165, 1.54) is 18.2 Å². The van der Waals surface area contributed by atoms with E-state index in [9.17, 15) is 9.18 Å². The third-order valence-electron chi connectivity index (χ3n) is 1.71. The number of carbonyl (C=O) groups excluding carboxylic acids is 1. The van der Waals surface area contributed by atoms with Crippen LogP contribution in [-0.2, 0) is 11.2 Å². The lowest BCUT2D eigenvalue weighted by Crippen LogP contribution is -1.98.